The molecule has 1 rings (SSSR count). The smallest absolute Gasteiger partial charge is 0.328 e. The quantitative estimate of drug-likeness (QED) is 0.765. The maximum Gasteiger partial charge on any atom is 0.328 e. The summed E-state index contributed by atoms with van der Waals surface area (Å²) in [5.41, 5.74) is 1.15. The summed E-state index contributed by atoms with van der Waals surface area (Å²) < 4.78 is 0. The number of nitrogens with zero attached hydrogens (tertiary/aromatic N) is 1. The predicted molar refractivity (Wildman–Crippen MR) is 78.8 cm³/mol. The highest BCUT2D eigenvalue weighted by Gasteiger charge is 2.07. The monoisotopic (exact) mass is 290 g/mol. The molecule has 2 amide bonds. The molecule has 0 aromatic heterocycles. The zero-order valence-corrected chi connectivity index (χ0v) is 12.0. The van der Waals surface area contributed by atoms with Crippen LogP contribution in [-0.4, -0.2) is 48.4 Å². The summed E-state index contributed by atoms with van der Waals surface area (Å²) in [6.45, 7) is 0.274. The Labute approximate surface area is 123 Å². The molecule has 6 nitrogen and oxygen atoms in total. The third kappa shape index (κ3) is 5.90. The Hall–Kier alpha value is -2.63. The molecule has 0 radical (unpaired) electrons. The number of nitrogens with one attached hydrogen (secondary N) is 1. The summed E-state index contributed by atoms with van der Waals surface area (Å²) in [6.07, 6.45) is 2.72. The second kappa shape index (κ2) is 7.84. The van der Waals surface area contributed by atoms with Crippen LogP contribution < -0.4 is 5.32 Å². The molecule has 1 aromatic carbocycles. The fourth-order valence-electron chi connectivity index (χ4n) is 1.52. The van der Waals surface area contributed by atoms with Gasteiger partial charge in [0, 0.05) is 38.7 Å². The Bertz CT molecular complexity index is 547. The van der Waals surface area contributed by atoms with Crippen molar-refractivity contribution in [3.8, 4) is 0 Å². The number of rotatable bonds is 6. The van der Waals surface area contributed by atoms with Gasteiger partial charge in [-0.1, -0.05) is 12.1 Å². The number of carbonyl (C=O) groups excluding carboxylic acids is 2. The van der Waals surface area contributed by atoms with Crippen LogP contribution in [0.2, 0.25) is 0 Å². The molecule has 1 aromatic rings. The van der Waals surface area contributed by atoms with E-state index in [0.29, 0.717) is 11.1 Å². The van der Waals surface area contributed by atoms with E-state index in [2.05, 4.69) is 5.32 Å². The van der Waals surface area contributed by atoms with E-state index in [-0.39, 0.29) is 24.8 Å². The van der Waals surface area contributed by atoms with E-state index in [1.807, 2.05) is 0 Å². The van der Waals surface area contributed by atoms with Gasteiger partial charge in [0.05, 0.1) is 0 Å². The Morgan fingerprint density at radius 1 is 1.19 bits per heavy atom. The van der Waals surface area contributed by atoms with Crippen LogP contribution in [0.3, 0.4) is 0 Å². The molecular weight excluding hydrogens is 272 g/mol. The summed E-state index contributed by atoms with van der Waals surface area (Å²) in [7, 11) is 3.32. The standard InChI is InChI=1S/C15H18N2O4/c1-17(2)13(18)9-10-16-15(21)12-6-3-11(4-7-12)5-8-14(19)20/h3-8H,9-10H2,1-2H3,(H,16,21)(H,19,20). The van der Waals surface area contributed by atoms with Gasteiger partial charge in [0.15, 0.2) is 0 Å². The van der Waals surface area contributed by atoms with Crippen molar-refractivity contribution in [2.24, 2.45) is 0 Å². The maximum atomic E-state index is 11.8. The SMILES string of the molecule is CN(C)C(=O)CCNC(=O)c1ccc(C=CC(=O)O)cc1. The van der Waals surface area contributed by atoms with E-state index in [4.69, 9.17) is 5.11 Å². The van der Waals surface area contributed by atoms with Crippen molar-refractivity contribution in [2.75, 3.05) is 20.6 Å². The van der Waals surface area contributed by atoms with Crippen LogP contribution in [0.25, 0.3) is 6.08 Å². The van der Waals surface area contributed by atoms with Gasteiger partial charge in [-0.3, -0.25) is 9.59 Å². The van der Waals surface area contributed by atoms with Gasteiger partial charge in [-0.25, -0.2) is 4.79 Å². The first-order valence-electron chi connectivity index (χ1n) is 6.39. The van der Waals surface area contributed by atoms with Crippen LogP contribution in [0.1, 0.15) is 22.3 Å². The van der Waals surface area contributed by atoms with Gasteiger partial charge in [-0.2, -0.15) is 0 Å². The van der Waals surface area contributed by atoms with Gasteiger partial charge in [-0.15, -0.1) is 0 Å². The summed E-state index contributed by atoms with van der Waals surface area (Å²) in [6, 6.07) is 6.51. The van der Waals surface area contributed by atoms with Crippen LogP contribution in [0.15, 0.2) is 30.3 Å². The lowest BCUT2D eigenvalue weighted by Gasteiger charge is -2.10. The van der Waals surface area contributed by atoms with Crippen LogP contribution in [0, 0.1) is 0 Å². The molecule has 112 valence electrons. The number of amides is 2. The number of hydrogen-bond donors (Lipinski definition) is 2. The predicted octanol–water partition coefficient (Wildman–Crippen LogP) is 0.992. The van der Waals surface area contributed by atoms with E-state index in [1.165, 1.54) is 11.0 Å². The highest BCUT2D eigenvalue weighted by Crippen LogP contribution is 2.06. The fraction of sp³-hybridized carbons (Fsp3) is 0.267. The van der Waals surface area contributed by atoms with Gasteiger partial charge < -0.3 is 15.3 Å². The Kier molecular flexibility index (Phi) is 6.13. The lowest BCUT2D eigenvalue weighted by molar-refractivity contribution is -0.131. The number of hydrogen-bond acceptors (Lipinski definition) is 3. The van der Waals surface area contributed by atoms with Crippen molar-refractivity contribution in [1.29, 1.82) is 0 Å². The number of aliphatic carboxylic acids is 1. The molecule has 0 aliphatic carbocycles. The lowest BCUT2D eigenvalue weighted by Crippen LogP contribution is -2.30. The topological polar surface area (TPSA) is 86.7 Å². The van der Waals surface area contributed by atoms with Gasteiger partial charge in [0.25, 0.3) is 5.91 Å². The van der Waals surface area contributed by atoms with Crippen molar-refractivity contribution in [1.82, 2.24) is 10.2 Å². The highest BCUT2D eigenvalue weighted by atomic mass is 16.4. The molecule has 0 saturated carbocycles. The maximum absolute atomic E-state index is 11.8. The van der Waals surface area contributed by atoms with Crippen LogP contribution in [-0.2, 0) is 9.59 Å². The average Bonchev–Trinajstić information content (AvgIpc) is 2.45. The molecule has 0 aliphatic heterocycles. The minimum Gasteiger partial charge on any atom is -0.478 e. The molecule has 0 heterocycles. The highest BCUT2D eigenvalue weighted by molar-refractivity contribution is 5.94. The van der Waals surface area contributed by atoms with Crippen molar-refractivity contribution in [3.63, 3.8) is 0 Å². The molecule has 0 unspecified atom stereocenters. The minimum absolute atomic E-state index is 0.0514. The third-order valence-electron chi connectivity index (χ3n) is 2.71. The van der Waals surface area contributed by atoms with Gasteiger partial charge >= 0.3 is 5.97 Å². The molecule has 21 heavy (non-hydrogen) atoms. The summed E-state index contributed by atoms with van der Waals surface area (Å²) in [4.78, 5) is 35.0. The molecule has 0 aliphatic rings. The molecule has 0 atom stereocenters. The summed E-state index contributed by atoms with van der Waals surface area (Å²) >= 11 is 0. The molecule has 0 spiro atoms. The first-order valence-corrected chi connectivity index (χ1v) is 6.39. The molecule has 0 fully saturated rings. The van der Waals surface area contributed by atoms with Crippen LogP contribution in [0.5, 0.6) is 0 Å². The van der Waals surface area contributed by atoms with Crippen molar-refractivity contribution >= 4 is 23.9 Å². The Morgan fingerprint density at radius 3 is 2.33 bits per heavy atom. The molecule has 6 heteroatoms. The molecule has 0 bridgehead atoms. The second-order valence-electron chi connectivity index (χ2n) is 4.59. The minimum atomic E-state index is -1.03. The van der Waals surface area contributed by atoms with Crippen LogP contribution in [0.4, 0.5) is 0 Å². The van der Waals surface area contributed by atoms with Gasteiger partial charge in [0.1, 0.15) is 0 Å². The number of carboxylic acid groups (broad SMARTS) is 1. The number of carbonyl (C=O) groups is 3. The van der Waals surface area contributed by atoms with E-state index in [1.54, 1.807) is 38.4 Å². The lowest BCUT2D eigenvalue weighted by atomic mass is 10.1. The van der Waals surface area contributed by atoms with Gasteiger partial charge in [0.2, 0.25) is 5.91 Å². The third-order valence-corrected chi connectivity index (χ3v) is 2.71. The van der Waals surface area contributed by atoms with Crippen molar-refractivity contribution < 1.29 is 19.5 Å². The fourth-order valence-corrected chi connectivity index (χ4v) is 1.52. The second-order valence-corrected chi connectivity index (χ2v) is 4.59. The zero-order chi connectivity index (χ0) is 15.8. The average molecular weight is 290 g/mol. The zero-order valence-electron chi connectivity index (χ0n) is 12.0. The Morgan fingerprint density at radius 2 is 1.81 bits per heavy atom. The van der Waals surface area contributed by atoms with E-state index < -0.39 is 5.97 Å². The first-order chi connectivity index (χ1) is 9.90. The van der Waals surface area contributed by atoms with E-state index in [0.717, 1.165) is 6.08 Å². The summed E-state index contributed by atoms with van der Waals surface area (Å²) in [5, 5.41) is 11.2. The van der Waals surface area contributed by atoms with E-state index >= 15 is 0 Å². The molecular formula is C15H18N2O4. The molecule has 2 N–H and O–H groups in total. The largest absolute Gasteiger partial charge is 0.478 e. The normalized spacial score (nSPS) is 10.4. The number of benzene rings is 1. The van der Waals surface area contributed by atoms with Crippen molar-refractivity contribution in [2.45, 2.75) is 6.42 Å². The number of carboxylic acids is 1. The van der Waals surface area contributed by atoms with Crippen LogP contribution >= 0.6 is 0 Å². The molecule has 0 saturated heterocycles. The van der Waals surface area contributed by atoms with Crippen molar-refractivity contribution in [3.05, 3.63) is 41.5 Å². The van der Waals surface area contributed by atoms with E-state index in [9.17, 15) is 14.4 Å². The summed E-state index contributed by atoms with van der Waals surface area (Å²) in [5.74, 6) is -1.35. The Balaban J connectivity index is 2.52. The first kappa shape index (κ1) is 16.4. The van der Waals surface area contributed by atoms with Gasteiger partial charge in [-0.05, 0) is 23.8 Å².